The fourth-order valence-corrected chi connectivity index (χ4v) is 6.29. The highest BCUT2D eigenvalue weighted by Gasteiger charge is 2.46. The van der Waals surface area contributed by atoms with Crippen LogP contribution in [0.4, 0.5) is 0 Å². The fourth-order valence-electron chi connectivity index (χ4n) is 2.69. The summed E-state index contributed by atoms with van der Waals surface area (Å²) in [6.07, 6.45) is 0. The predicted molar refractivity (Wildman–Crippen MR) is 80.5 cm³/mol. The van der Waals surface area contributed by atoms with E-state index < -0.39 is 0 Å². The zero-order valence-electron chi connectivity index (χ0n) is 8.58. The highest BCUT2D eigenvalue weighted by atomic mass is 32.4. The summed E-state index contributed by atoms with van der Waals surface area (Å²) >= 11 is 0. The van der Waals surface area contributed by atoms with Crippen molar-refractivity contribution < 1.29 is 5.11 Å². The lowest BCUT2D eigenvalue weighted by Crippen LogP contribution is -2.32. The molecule has 0 radical (unpaired) electrons. The molecule has 4 unspecified atom stereocenters. The topological polar surface area (TPSA) is 26.7 Å². The molecule has 0 aromatic heterocycles. The first-order chi connectivity index (χ1) is 7.17. The van der Waals surface area contributed by atoms with E-state index in [0.29, 0.717) is 18.6 Å². The molecule has 2 rings (SSSR count). The molecule has 2 aliphatic heterocycles. The van der Waals surface area contributed by atoms with Gasteiger partial charge in [-0.2, -0.15) is 0 Å². The molecule has 2 heterocycles. The molecule has 2 fully saturated rings. The number of fused-ring (bicyclic) bond motifs is 1. The quantitative estimate of drug-likeness (QED) is 0.802. The van der Waals surface area contributed by atoms with Gasteiger partial charge in [-0.25, -0.2) is 0 Å². The van der Waals surface area contributed by atoms with Gasteiger partial charge in [0, 0.05) is 33.1 Å². The molecule has 2 saturated heterocycles. The Labute approximate surface area is 101 Å². The maximum absolute atomic E-state index is 9.47. The minimum atomic E-state index is -0.106. The van der Waals surface area contributed by atoms with E-state index in [-0.39, 0.29) is 7.45 Å². The maximum atomic E-state index is 9.47. The van der Waals surface area contributed by atoms with Crippen molar-refractivity contribution in [1.29, 1.82) is 0 Å². The Balaban J connectivity index is 2.02. The number of rotatable bonds is 3. The number of aliphatic hydroxyl groups excluding tert-OH is 1. The van der Waals surface area contributed by atoms with E-state index >= 15 is 0 Å². The number of aliphatic hydroxyl groups is 1. The average Bonchev–Trinajstić information content (AvgIpc) is 2.72. The summed E-state index contributed by atoms with van der Waals surface area (Å²) < 4.78 is 4.98. The first kappa shape index (κ1) is 13.5. The molecule has 2 aliphatic rings. The van der Waals surface area contributed by atoms with Gasteiger partial charge >= 0.3 is 0 Å². The van der Waals surface area contributed by atoms with E-state index in [4.69, 9.17) is 0 Å². The van der Waals surface area contributed by atoms with Gasteiger partial charge in [0.05, 0.1) is 6.61 Å². The second-order valence-electron chi connectivity index (χ2n) is 4.21. The summed E-state index contributed by atoms with van der Waals surface area (Å²) in [6.45, 7) is 3.88. The Morgan fingerprint density at radius 2 is 2.07 bits per heavy atom. The van der Waals surface area contributed by atoms with Crippen molar-refractivity contribution in [3.05, 3.63) is 0 Å². The van der Waals surface area contributed by atoms with E-state index in [2.05, 4.69) is 36.1 Å². The minimum Gasteiger partial charge on any atom is -0.395 e. The molecule has 0 aromatic rings. The van der Waals surface area contributed by atoms with Crippen molar-refractivity contribution >= 4 is 42.7 Å². The normalized spacial score (nSPS) is 38.6. The Morgan fingerprint density at radius 1 is 1.33 bits per heavy atom. The highest BCUT2D eigenvalue weighted by Crippen LogP contribution is 2.59. The van der Waals surface area contributed by atoms with Gasteiger partial charge in [0.2, 0.25) is 0 Å². The molecular weight excluding hydrogens is 283 g/mol. The van der Waals surface area contributed by atoms with Gasteiger partial charge in [-0.1, -0.05) is 26.8 Å². The van der Waals surface area contributed by atoms with Crippen LogP contribution in [0.1, 0.15) is 0 Å². The largest absolute Gasteiger partial charge is 0.395 e. The smallest absolute Gasteiger partial charge is 0.0593 e. The third-order valence-corrected chi connectivity index (χ3v) is 8.26. The summed E-state index contributed by atoms with van der Waals surface area (Å²) in [5.41, 5.74) is 0. The summed E-state index contributed by atoms with van der Waals surface area (Å²) in [5, 5.41) is 9.47. The Hall–Kier alpha value is 2.03. The van der Waals surface area contributed by atoms with Gasteiger partial charge in [0.15, 0.2) is 0 Å². The van der Waals surface area contributed by atoms with E-state index in [0.717, 1.165) is 14.3 Å². The molecule has 0 amide bonds. The second-order valence-corrected chi connectivity index (χ2v) is 12.1. The maximum Gasteiger partial charge on any atom is 0.0593 e. The zero-order valence-corrected chi connectivity index (χ0v) is 13.9. The third-order valence-electron chi connectivity index (χ3n) is 3.48. The Kier molecular flexibility index (Phi) is 5.19. The van der Waals surface area contributed by atoms with Crippen LogP contribution in [0.25, 0.3) is 0 Å². The lowest BCUT2D eigenvalue weighted by atomic mass is 9.95. The van der Waals surface area contributed by atoms with Crippen LogP contribution in [-0.4, -0.2) is 46.7 Å². The van der Waals surface area contributed by atoms with Gasteiger partial charge in [0.25, 0.3) is 0 Å². The molecule has 0 aliphatic carbocycles. The van der Waals surface area contributed by atoms with Crippen LogP contribution in [0.15, 0.2) is 0 Å². The lowest BCUT2D eigenvalue weighted by Gasteiger charge is -2.27. The third kappa shape index (κ3) is 2.72. The van der Waals surface area contributed by atoms with Crippen LogP contribution in [0.3, 0.4) is 0 Å². The van der Waals surface area contributed by atoms with Gasteiger partial charge in [-0.3, -0.25) is 9.34 Å². The number of hydrogen-bond acceptors (Lipinski definition) is 3. The second kappa shape index (κ2) is 5.78. The lowest BCUT2D eigenvalue weighted by molar-refractivity contribution is 0.189. The molecule has 7 atom stereocenters. The van der Waals surface area contributed by atoms with Crippen LogP contribution in [0, 0.1) is 11.8 Å². The molecule has 0 aromatic carbocycles. The van der Waals surface area contributed by atoms with Crippen molar-refractivity contribution in [3.63, 3.8) is 0 Å². The van der Waals surface area contributed by atoms with Crippen LogP contribution in [0.5, 0.6) is 0 Å². The average molecular weight is 302 g/mol. The van der Waals surface area contributed by atoms with Crippen molar-refractivity contribution in [2.75, 3.05) is 26.2 Å². The van der Waals surface area contributed by atoms with Crippen molar-refractivity contribution in [2.24, 2.45) is 11.8 Å². The predicted octanol–water partition coefficient (Wildman–Crippen LogP) is 1.57. The molecule has 0 saturated carbocycles. The van der Waals surface area contributed by atoms with E-state index in [1.54, 1.807) is 0 Å². The Bertz CT molecular complexity index is 229. The van der Waals surface area contributed by atoms with Crippen molar-refractivity contribution in [2.45, 2.75) is 6.04 Å². The fraction of sp³-hybridized carbons (Fsp3) is 1.00. The standard InChI is InChI=1S/C7H19N2OP5/c10-4-7-6-3-8(15(12)13)1-5(6)2-9(7)14-11/h5-7,10,14H,1-4,11-13H2/t5-,6-,7+/m0/s1. The molecule has 15 heavy (non-hydrogen) atoms. The summed E-state index contributed by atoms with van der Waals surface area (Å²) in [6, 6.07) is 0.404. The zero-order chi connectivity index (χ0) is 11.0. The van der Waals surface area contributed by atoms with Crippen molar-refractivity contribution in [1.82, 2.24) is 9.34 Å². The van der Waals surface area contributed by atoms with E-state index in [1.807, 2.05) is 0 Å². The number of hydrogen-bond donors (Lipinski definition) is 1. The molecule has 8 heteroatoms. The van der Waals surface area contributed by atoms with E-state index in [9.17, 15) is 5.11 Å². The van der Waals surface area contributed by atoms with Crippen molar-refractivity contribution in [3.8, 4) is 0 Å². The van der Waals surface area contributed by atoms with Crippen LogP contribution >= 0.6 is 42.7 Å². The summed E-state index contributed by atoms with van der Waals surface area (Å²) in [5.74, 6) is 1.47. The first-order valence-electron chi connectivity index (χ1n) is 5.05. The van der Waals surface area contributed by atoms with Gasteiger partial charge in [0.1, 0.15) is 0 Å². The van der Waals surface area contributed by atoms with E-state index in [1.165, 1.54) is 19.6 Å². The summed E-state index contributed by atoms with van der Waals surface area (Å²) in [7, 11) is 9.26. The molecule has 3 nitrogen and oxygen atoms in total. The monoisotopic (exact) mass is 302 g/mol. The molecular formula is C7H19N2OP5. The first-order valence-corrected chi connectivity index (χ1v) is 12.3. The van der Waals surface area contributed by atoms with Crippen LogP contribution in [-0.2, 0) is 0 Å². The molecule has 0 spiro atoms. The van der Waals surface area contributed by atoms with Crippen LogP contribution in [0.2, 0.25) is 0 Å². The van der Waals surface area contributed by atoms with Gasteiger partial charge in [-0.05, 0) is 20.3 Å². The van der Waals surface area contributed by atoms with Gasteiger partial charge < -0.3 is 5.11 Å². The highest BCUT2D eigenvalue weighted by molar-refractivity contribution is 8.42. The molecule has 88 valence electrons. The summed E-state index contributed by atoms with van der Waals surface area (Å²) in [4.78, 5) is 0. The SMILES string of the molecule is OC[C@@H]1[C@H]2CN(P(P)P)C[C@H]2CN1PP. The molecule has 0 bridgehead atoms. The van der Waals surface area contributed by atoms with Gasteiger partial charge in [-0.15, -0.1) is 0 Å². The van der Waals surface area contributed by atoms with Crippen LogP contribution < -0.4 is 0 Å². The Morgan fingerprint density at radius 3 is 2.60 bits per heavy atom. The minimum absolute atomic E-state index is 0.106. The molecule has 1 N–H and O–H groups in total. The number of nitrogens with zero attached hydrogens (tertiary/aromatic N) is 2.